The van der Waals surface area contributed by atoms with E-state index in [4.69, 9.17) is 0 Å². The molecule has 0 bridgehead atoms. The number of aliphatic imine (C=N–C) groups is 2. The van der Waals surface area contributed by atoms with Gasteiger partial charge in [0.1, 0.15) is 0 Å². The molecule has 1 unspecified atom stereocenters. The normalized spacial score (nSPS) is 12.3. The Morgan fingerprint density at radius 2 is 1.64 bits per heavy atom. The van der Waals surface area contributed by atoms with E-state index in [-0.39, 0.29) is 12.4 Å². The van der Waals surface area contributed by atoms with Crippen LogP contribution in [0, 0.1) is 5.92 Å². The van der Waals surface area contributed by atoms with Gasteiger partial charge in [-0.25, -0.2) is 9.59 Å². The Hall–Kier alpha value is -2.30. The molecule has 1 atom stereocenters. The number of rotatable bonds is 11. The van der Waals surface area contributed by atoms with Crippen molar-refractivity contribution in [3.05, 3.63) is 0 Å². The Kier molecular flexibility index (Phi) is 11.1. The molecule has 0 aromatic heterocycles. The molecule has 0 amide bonds. The molecular formula is C14H20N2O6. The Morgan fingerprint density at radius 3 is 2.14 bits per heavy atom. The van der Waals surface area contributed by atoms with Gasteiger partial charge in [-0.05, 0) is 12.8 Å². The molecule has 0 N–H and O–H groups in total. The second-order valence-corrected chi connectivity index (χ2v) is 4.55. The number of carbonyl (C=O) groups excluding carboxylic acids is 4. The standard InChI is InChI=1S/C14H20N2O6/c1-21-13(19)7-5-3-4-6-11(14(20)22-2)8-12(15-9-17)16-10-18/h11-12H,3-8H2,1-2H3. The highest BCUT2D eigenvalue weighted by Gasteiger charge is 2.23. The Morgan fingerprint density at radius 1 is 1.00 bits per heavy atom. The van der Waals surface area contributed by atoms with Crippen LogP contribution in [0.5, 0.6) is 0 Å². The van der Waals surface area contributed by atoms with Crippen LogP contribution >= 0.6 is 0 Å². The van der Waals surface area contributed by atoms with E-state index in [2.05, 4.69) is 19.5 Å². The summed E-state index contributed by atoms with van der Waals surface area (Å²) in [6.07, 6.45) is 4.60. The minimum atomic E-state index is -0.978. The summed E-state index contributed by atoms with van der Waals surface area (Å²) >= 11 is 0. The van der Waals surface area contributed by atoms with Crippen molar-refractivity contribution < 1.29 is 28.7 Å². The van der Waals surface area contributed by atoms with E-state index in [0.717, 1.165) is 6.42 Å². The zero-order valence-electron chi connectivity index (χ0n) is 12.7. The third-order valence-corrected chi connectivity index (χ3v) is 3.09. The predicted molar refractivity (Wildman–Crippen MR) is 75.3 cm³/mol. The van der Waals surface area contributed by atoms with Crippen molar-refractivity contribution in [2.75, 3.05) is 14.2 Å². The fourth-order valence-electron chi connectivity index (χ4n) is 1.95. The molecule has 8 nitrogen and oxygen atoms in total. The summed E-state index contributed by atoms with van der Waals surface area (Å²) in [5.41, 5.74) is 0. The van der Waals surface area contributed by atoms with Crippen LogP contribution in [0.15, 0.2) is 9.98 Å². The number of methoxy groups -OCH3 is 2. The molecule has 122 valence electrons. The molecule has 0 rings (SSSR count). The van der Waals surface area contributed by atoms with Gasteiger partial charge < -0.3 is 9.47 Å². The second-order valence-electron chi connectivity index (χ2n) is 4.55. The highest BCUT2D eigenvalue weighted by Crippen LogP contribution is 2.19. The van der Waals surface area contributed by atoms with E-state index in [9.17, 15) is 19.2 Å². The third-order valence-electron chi connectivity index (χ3n) is 3.09. The van der Waals surface area contributed by atoms with Gasteiger partial charge in [0, 0.05) is 12.8 Å². The van der Waals surface area contributed by atoms with Crippen LogP contribution < -0.4 is 0 Å². The monoisotopic (exact) mass is 312 g/mol. The molecule has 22 heavy (non-hydrogen) atoms. The SMILES string of the molecule is COC(=O)CCCCCC(CC(N=C=O)N=C=O)C(=O)OC. The molecule has 0 aromatic carbocycles. The van der Waals surface area contributed by atoms with E-state index in [1.54, 1.807) is 0 Å². The number of carbonyl (C=O) groups is 2. The lowest BCUT2D eigenvalue weighted by atomic mass is 9.96. The number of nitrogens with zero attached hydrogens (tertiary/aromatic N) is 2. The average Bonchev–Trinajstić information content (AvgIpc) is 2.52. The number of ether oxygens (including phenoxy) is 2. The number of isocyanates is 2. The van der Waals surface area contributed by atoms with Crippen LogP contribution in [0.4, 0.5) is 0 Å². The van der Waals surface area contributed by atoms with Gasteiger partial charge in [-0.1, -0.05) is 12.8 Å². The van der Waals surface area contributed by atoms with E-state index < -0.39 is 18.1 Å². The molecule has 0 saturated carbocycles. The van der Waals surface area contributed by atoms with Crippen molar-refractivity contribution >= 4 is 24.1 Å². The van der Waals surface area contributed by atoms with Gasteiger partial charge in [0.15, 0.2) is 6.17 Å². The van der Waals surface area contributed by atoms with Gasteiger partial charge in [-0.2, -0.15) is 9.98 Å². The molecule has 0 aromatic rings. The highest BCUT2D eigenvalue weighted by molar-refractivity contribution is 5.72. The summed E-state index contributed by atoms with van der Waals surface area (Å²) in [4.78, 5) is 49.9. The Balaban J connectivity index is 4.40. The molecule has 0 radical (unpaired) electrons. The fourth-order valence-corrected chi connectivity index (χ4v) is 1.95. The first-order valence-electron chi connectivity index (χ1n) is 6.87. The van der Waals surface area contributed by atoms with Crippen LogP contribution in [-0.2, 0) is 28.7 Å². The molecule has 8 heteroatoms. The minimum absolute atomic E-state index is 0.0775. The first kappa shape index (κ1) is 19.7. The van der Waals surface area contributed by atoms with E-state index >= 15 is 0 Å². The highest BCUT2D eigenvalue weighted by atomic mass is 16.5. The van der Waals surface area contributed by atoms with Crippen molar-refractivity contribution in [1.29, 1.82) is 0 Å². The zero-order valence-corrected chi connectivity index (χ0v) is 12.7. The molecule has 0 aliphatic rings. The average molecular weight is 312 g/mol. The van der Waals surface area contributed by atoms with Crippen LogP contribution in [0.3, 0.4) is 0 Å². The minimum Gasteiger partial charge on any atom is -0.469 e. The van der Waals surface area contributed by atoms with Crippen molar-refractivity contribution in [3.63, 3.8) is 0 Å². The summed E-state index contributed by atoms with van der Waals surface area (Å²) in [5.74, 6) is -1.27. The molecule has 0 heterocycles. The van der Waals surface area contributed by atoms with E-state index in [1.807, 2.05) is 0 Å². The quantitative estimate of drug-likeness (QED) is 0.246. The largest absolute Gasteiger partial charge is 0.469 e. The summed E-state index contributed by atoms with van der Waals surface area (Å²) in [6.45, 7) is 0. The van der Waals surface area contributed by atoms with Crippen LogP contribution in [0.2, 0.25) is 0 Å². The van der Waals surface area contributed by atoms with Gasteiger partial charge in [0.25, 0.3) is 0 Å². The molecule has 0 aliphatic carbocycles. The zero-order chi connectivity index (χ0) is 16.8. The van der Waals surface area contributed by atoms with Crippen LogP contribution in [0.1, 0.15) is 38.5 Å². The number of unbranched alkanes of at least 4 members (excludes halogenated alkanes) is 2. The lowest BCUT2D eigenvalue weighted by Gasteiger charge is -2.15. The molecule has 0 saturated heterocycles. The first-order valence-corrected chi connectivity index (χ1v) is 6.87. The van der Waals surface area contributed by atoms with Crippen LogP contribution in [0.25, 0.3) is 0 Å². The van der Waals surface area contributed by atoms with Gasteiger partial charge in [-0.15, -0.1) is 0 Å². The summed E-state index contributed by atoms with van der Waals surface area (Å²) in [5, 5.41) is 0. The van der Waals surface area contributed by atoms with Crippen molar-refractivity contribution in [3.8, 4) is 0 Å². The summed E-state index contributed by atoms with van der Waals surface area (Å²) in [6, 6.07) is 0. The van der Waals surface area contributed by atoms with E-state index in [0.29, 0.717) is 25.7 Å². The molecule has 0 aliphatic heterocycles. The van der Waals surface area contributed by atoms with Crippen molar-refractivity contribution in [2.24, 2.45) is 15.9 Å². The fraction of sp³-hybridized carbons (Fsp3) is 0.714. The topological polar surface area (TPSA) is 111 Å². The molecular weight excluding hydrogens is 292 g/mol. The number of hydrogen-bond donors (Lipinski definition) is 0. The lowest BCUT2D eigenvalue weighted by molar-refractivity contribution is -0.146. The maximum atomic E-state index is 11.7. The maximum absolute atomic E-state index is 11.7. The first-order chi connectivity index (χ1) is 10.6. The van der Waals surface area contributed by atoms with Gasteiger partial charge in [0.05, 0.1) is 20.1 Å². The van der Waals surface area contributed by atoms with Gasteiger partial charge in [0.2, 0.25) is 12.2 Å². The number of hydrogen-bond acceptors (Lipinski definition) is 8. The smallest absolute Gasteiger partial charge is 0.308 e. The molecule has 0 fully saturated rings. The van der Waals surface area contributed by atoms with Gasteiger partial charge in [-0.3, -0.25) is 9.59 Å². The van der Waals surface area contributed by atoms with Gasteiger partial charge >= 0.3 is 11.9 Å². The second kappa shape index (κ2) is 12.4. The summed E-state index contributed by atoms with van der Waals surface area (Å²) < 4.78 is 9.22. The Labute approximate surface area is 128 Å². The predicted octanol–water partition coefficient (Wildman–Crippen LogP) is 1.29. The summed E-state index contributed by atoms with van der Waals surface area (Å²) in [7, 11) is 2.59. The lowest BCUT2D eigenvalue weighted by Crippen LogP contribution is -2.21. The van der Waals surface area contributed by atoms with Crippen LogP contribution in [-0.4, -0.2) is 44.5 Å². The van der Waals surface area contributed by atoms with Crippen molar-refractivity contribution in [2.45, 2.75) is 44.7 Å². The van der Waals surface area contributed by atoms with E-state index in [1.165, 1.54) is 26.4 Å². The van der Waals surface area contributed by atoms with Crippen molar-refractivity contribution in [1.82, 2.24) is 0 Å². The number of esters is 2. The third kappa shape index (κ3) is 8.79. The maximum Gasteiger partial charge on any atom is 0.308 e. The molecule has 0 spiro atoms. The Bertz CT molecular complexity index is 434.